The number of anilines is 3. The molecule has 1 aliphatic rings. The number of aryl methyl sites for hydroxylation is 2. The summed E-state index contributed by atoms with van der Waals surface area (Å²) >= 11 is 6.06. The fraction of sp³-hybridized carbons (Fsp3) is 0.250. The van der Waals surface area contributed by atoms with Gasteiger partial charge in [0.05, 0.1) is 5.69 Å². The molecule has 0 bridgehead atoms. The van der Waals surface area contributed by atoms with Crippen molar-refractivity contribution in [1.29, 1.82) is 0 Å². The maximum Gasteiger partial charge on any atom is 0.227 e. The third-order valence-corrected chi connectivity index (χ3v) is 4.77. The number of nitrogens with two attached hydrogens (primary N) is 1. The van der Waals surface area contributed by atoms with E-state index >= 15 is 0 Å². The van der Waals surface area contributed by atoms with Crippen molar-refractivity contribution in [2.45, 2.75) is 19.3 Å². The average molecular weight is 381 g/mol. The third-order valence-electron chi connectivity index (χ3n) is 4.54. The average Bonchev–Trinajstić information content (AvgIpc) is 2.68. The molecule has 138 valence electrons. The minimum Gasteiger partial charge on any atom is -0.370 e. The first-order valence-corrected chi connectivity index (χ1v) is 9.42. The van der Waals surface area contributed by atoms with Crippen LogP contribution in [0.2, 0.25) is 5.02 Å². The first-order chi connectivity index (χ1) is 13.2. The zero-order chi connectivity index (χ0) is 18.6. The second kappa shape index (κ2) is 7.90. The minimum atomic E-state index is 0.554. The fourth-order valence-corrected chi connectivity index (χ4v) is 3.36. The molecule has 4 rings (SSSR count). The summed E-state index contributed by atoms with van der Waals surface area (Å²) < 4.78 is 0. The van der Waals surface area contributed by atoms with E-state index in [0.717, 1.165) is 54.1 Å². The van der Waals surface area contributed by atoms with Crippen molar-refractivity contribution in [1.82, 2.24) is 15.0 Å². The Balaban J connectivity index is 1.64. The Labute approximate surface area is 163 Å². The van der Waals surface area contributed by atoms with Gasteiger partial charge in [-0.15, -0.1) is 0 Å². The number of hydrogen-bond donors (Lipinski definition) is 3. The van der Waals surface area contributed by atoms with Crippen LogP contribution in [-0.4, -0.2) is 28.0 Å². The van der Waals surface area contributed by atoms with Crippen LogP contribution in [0, 0.1) is 0 Å². The van der Waals surface area contributed by atoms with E-state index in [1.807, 2.05) is 36.7 Å². The quantitative estimate of drug-likeness (QED) is 0.564. The zero-order valence-corrected chi connectivity index (χ0v) is 15.6. The van der Waals surface area contributed by atoms with E-state index in [-0.39, 0.29) is 0 Å². The van der Waals surface area contributed by atoms with Gasteiger partial charge in [-0.3, -0.25) is 0 Å². The summed E-state index contributed by atoms with van der Waals surface area (Å²) in [6.07, 6.45) is 6.62. The molecule has 0 saturated carbocycles. The lowest BCUT2D eigenvalue weighted by molar-refractivity contribution is 0.867. The molecule has 4 N–H and O–H groups in total. The number of aromatic nitrogens is 3. The van der Waals surface area contributed by atoms with Gasteiger partial charge in [-0.05, 0) is 61.2 Å². The minimum absolute atomic E-state index is 0.554. The molecule has 1 aromatic carbocycles. The van der Waals surface area contributed by atoms with Crippen LogP contribution < -0.4 is 16.4 Å². The summed E-state index contributed by atoms with van der Waals surface area (Å²) in [5, 5.41) is 7.22. The highest BCUT2D eigenvalue weighted by Gasteiger charge is 2.19. The molecule has 0 fully saturated rings. The van der Waals surface area contributed by atoms with Crippen LogP contribution in [-0.2, 0) is 12.8 Å². The molecule has 0 spiro atoms. The molecule has 2 heterocycles. The summed E-state index contributed by atoms with van der Waals surface area (Å²) in [5.74, 6) is 1.40. The smallest absolute Gasteiger partial charge is 0.227 e. The van der Waals surface area contributed by atoms with Crippen molar-refractivity contribution < 1.29 is 0 Å². The summed E-state index contributed by atoms with van der Waals surface area (Å²) in [6.45, 7) is 1.47. The normalized spacial score (nSPS) is 12.2. The van der Waals surface area contributed by atoms with E-state index in [4.69, 9.17) is 22.3 Å². The summed E-state index contributed by atoms with van der Waals surface area (Å²) in [6, 6.07) is 9.58. The zero-order valence-electron chi connectivity index (χ0n) is 14.9. The second-order valence-electron chi connectivity index (χ2n) is 6.50. The molecule has 0 unspecified atom stereocenters. The van der Waals surface area contributed by atoms with E-state index in [2.05, 4.69) is 26.7 Å². The highest BCUT2D eigenvalue weighted by molar-refractivity contribution is 6.30. The maximum atomic E-state index is 6.06. The topological polar surface area (TPSA) is 88.8 Å². The molecule has 0 saturated heterocycles. The Morgan fingerprint density at radius 3 is 2.78 bits per heavy atom. The Hall–Kier alpha value is -2.70. The van der Waals surface area contributed by atoms with Gasteiger partial charge in [0.1, 0.15) is 5.82 Å². The number of benzene rings is 1. The van der Waals surface area contributed by atoms with Crippen molar-refractivity contribution in [3.63, 3.8) is 0 Å². The lowest BCUT2D eigenvalue weighted by Crippen LogP contribution is -2.12. The largest absolute Gasteiger partial charge is 0.370 e. The summed E-state index contributed by atoms with van der Waals surface area (Å²) in [5.41, 5.74) is 10.8. The predicted octanol–water partition coefficient (Wildman–Crippen LogP) is 3.79. The second-order valence-corrected chi connectivity index (χ2v) is 6.93. The van der Waals surface area contributed by atoms with Gasteiger partial charge in [-0.1, -0.05) is 17.7 Å². The number of hydrogen-bond acceptors (Lipinski definition) is 6. The molecular weight excluding hydrogens is 360 g/mol. The van der Waals surface area contributed by atoms with Gasteiger partial charge < -0.3 is 16.4 Å². The van der Waals surface area contributed by atoms with Gasteiger partial charge >= 0.3 is 0 Å². The Bertz CT molecular complexity index is 959. The molecule has 6 nitrogen and oxygen atoms in total. The van der Waals surface area contributed by atoms with E-state index < -0.39 is 0 Å². The summed E-state index contributed by atoms with van der Waals surface area (Å²) in [7, 11) is 0. The monoisotopic (exact) mass is 380 g/mol. The SMILES string of the molecule is NCCCNc1cc2c(cn1)CCc1cnc(Nc3cccc(Cl)c3)nc1-2. The van der Waals surface area contributed by atoms with Crippen LogP contribution in [0.15, 0.2) is 42.7 Å². The van der Waals surface area contributed by atoms with Crippen LogP contribution in [0.1, 0.15) is 17.5 Å². The number of nitrogens with one attached hydrogen (secondary N) is 2. The van der Waals surface area contributed by atoms with E-state index in [9.17, 15) is 0 Å². The van der Waals surface area contributed by atoms with Crippen LogP contribution in [0.5, 0.6) is 0 Å². The maximum absolute atomic E-state index is 6.06. The highest BCUT2D eigenvalue weighted by atomic mass is 35.5. The van der Waals surface area contributed by atoms with Crippen LogP contribution in [0.3, 0.4) is 0 Å². The van der Waals surface area contributed by atoms with Crippen LogP contribution >= 0.6 is 11.6 Å². The molecule has 2 aromatic heterocycles. The highest BCUT2D eigenvalue weighted by Crippen LogP contribution is 2.33. The van der Waals surface area contributed by atoms with Crippen molar-refractivity contribution in [3.05, 3.63) is 58.9 Å². The van der Waals surface area contributed by atoms with Crippen molar-refractivity contribution in [2.24, 2.45) is 5.73 Å². The van der Waals surface area contributed by atoms with Crippen molar-refractivity contribution in [3.8, 4) is 11.3 Å². The van der Waals surface area contributed by atoms with Crippen LogP contribution in [0.25, 0.3) is 11.3 Å². The number of nitrogens with zero attached hydrogens (tertiary/aromatic N) is 3. The van der Waals surface area contributed by atoms with Crippen LogP contribution in [0.4, 0.5) is 17.5 Å². The lowest BCUT2D eigenvalue weighted by Gasteiger charge is -2.20. The van der Waals surface area contributed by atoms with Gasteiger partial charge in [-0.2, -0.15) is 0 Å². The first kappa shape index (κ1) is 17.7. The van der Waals surface area contributed by atoms with E-state index in [0.29, 0.717) is 17.5 Å². The van der Waals surface area contributed by atoms with Gasteiger partial charge in [0.15, 0.2) is 0 Å². The fourth-order valence-electron chi connectivity index (χ4n) is 3.17. The van der Waals surface area contributed by atoms with Gasteiger partial charge in [0.2, 0.25) is 5.95 Å². The first-order valence-electron chi connectivity index (χ1n) is 9.04. The molecular formula is C20H21ClN6. The third kappa shape index (κ3) is 4.02. The Morgan fingerprint density at radius 1 is 1.07 bits per heavy atom. The Kier molecular flexibility index (Phi) is 5.18. The molecule has 0 radical (unpaired) electrons. The van der Waals surface area contributed by atoms with E-state index in [1.54, 1.807) is 0 Å². The van der Waals surface area contributed by atoms with Gasteiger partial charge in [-0.25, -0.2) is 15.0 Å². The van der Waals surface area contributed by atoms with Crippen molar-refractivity contribution in [2.75, 3.05) is 23.7 Å². The Morgan fingerprint density at radius 2 is 1.93 bits per heavy atom. The summed E-state index contributed by atoms with van der Waals surface area (Å²) in [4.78, 5) is 13.7. The van der Waals surface area contributed by atoms with E-state index in [1.165, 1.54) is 5.56 Å². The molecule has 0 aliphatic heterocycles. The molecule has 1 aliphatic carbocycles. The van der Waals surface area contributed by atoms with Gasteiger partial charge in [0.25, 0.3) is 0 Å². The number of halogens is 1. The lowest BCUT2D eigenvalue weighted by atomic mass is 9.91. The number of pyridine rings is 1. The van der Waals surface area contributed by atoms with Crippen molar-refractivity contribution >= 4 is 29.1 Å². The standard InChI is InChI=1S/C20H21ClN6/c21-15-3-1-4-16(9-15)26-20-25-12-14-6-5-13-11-24-18(23-8-2-7-22)10-17(13)19(14)27-20/h1,3-4,9-12H,2,5-8,22H2,(H,23,24)(H,25,26,27). The molecule has 27 heavy (non-hydrogen) atoms. The number of fused-ring (bicyclic) bond motifs is 3. The van der Waals surface area contributed by atoms with Gasteiger partial charge in [0, 0.05) is 35.2 Å². The molecule has 3 aromatic rings. The molecule has 0 atom stereocenters. The predicted molar refractivity (Wildman–Crippen MR) is 110 cm³/mol. The molecule has 7 heteroatoms. The molecule has 0 amide bonds. The number of rotatable bonds is 6.